The summed E-state index contributed by atoms with van der Waals surface area (Å²) in [6.45, 7) is 6.58. The summed E-state index contributed by atoms with van der Waals surface area (Å²) in [5.41, 5.74) is -1.93. The smallest absolute Gasteiger partial charge is 0.227 e. The minimum absolute atomic E-state index is 0.0233. The van der Waals surface area contributed by atoms with E-state index in [9.17, 15) is 14.4 Å². The molecule has 0 heterocycles. The van der Waals surface area contributed by atoms with Crippen LogP contribution in [0.25, 0.3) is 0 Å². The first kappa shape index (κ1) is 18.2. The van der Waals surface area contributed by atoms with Gasteiger partial charge in [0, 0.05) is 13.5 Å². The van der Waals surface area contributed by atoms with E-state index in [-0.39, 0.29) is 29.7 Å². The van der Waals surface area contributed by atoms with Gasteiger partial charge < -0.3 is 4.90 Å². The van der Waals surface area contributed by atoms with Gasteiger partial charge in [0.1, 0.15) is 5.78 Å². The van der Waals surface area contributed by atoms with Crippen LogP contribution >= 0.6 is 11.8 Å². The van der Waals surface area contributed by atoms with Crippen molar-refractivity contribution in [1.29, 1.82) is 0 Å². The molecule has 4 nitrogen and oxygen atoms in total. The third-order valence-corrected chi connectivity index (χ3v) is 4.08. The van der Waals surface area contributed by atoms with Crippen LogP contribution in [0.5, 0.6) is 0 Å². The van der Waals surface area contributed by atoms with E-state index in [2.05, 4.69) is 0 Å². The summed E-state index contributed by atoms with van der Waals surface area (Å²) < 4.78 is 0. The van der Waals surface area contributed by atoms with E-state index >= 15 is 0 Å². The first-order valence-electron chi connectivity index (χ1n) is 6.08. The quantitative estimate of drug-likeness (QED) is 0.547. The molecule has 0 aromatic rings. The highest BCUT2D eigenvalue weighted by Crippen LogP contribution is 2.32. The molecule has 0 aromatic carbocycles. The molecule has 0 saturated heterocycles. The maximum absolute atomic E-state index is 12.3. The number of nitrogens with zero attached hydrogens (tertiary/aromatic N) is 1. The molecule has 2 radical (unpaired) electrons. The Morgan fingerprint density at radius 3 is 2.00 bits per heavy atom. The Kier molecular flexibility index (Phi) is 6.32. The van der Waals surface area contributed by atoms with Crippen LogP contribution in [-0.4, -0.2) is 49.3 Å². The summed E-state index contributed by atoms with van der Waals surface area (Å²) in [6, 6.07) is 0. The van der Waals surface area contributed by atoms with Gasteiger partial charge in [-0.1, -0.05) is 25.6 Å². The summed E-state index contributed by atoms with van der Waals surface area (Å²) in [5, 5.41) is -0.187. The highest BCUT2D eigenvalue weighted by molar-refractivity contribution is 8.13. The average Bonchev–Trinajstić information content (AvgIpc) is 2.34. The van der Waals surface area contributed by atoms with Crippen molar-refractivity contribution in [3.05, 3.63) is 0 Å². The number of Topliss-reactive ketones (excluding diaryl/α,β-unsaturated/α-hetero) is 1. The molecule has 106 valence electrons. The van der Waals surface area contributed by atoms with Crippen LogP contribution in [0.1, 0.15) is 34.1 Å². The maximum atomic E-state index is 12.3. The normalized spacial score (nSPS) is 12.1. The first-order valence-corrected chi connectivity index (χ1v) is 7.30. The molecule has 19 heavy (non-hydrogen) atoms. The maximum Gasteiger partial charge on any atom is 0.227 e. The fraction of sp³-hybridized carbons (Fsp3) is 0.769. The Morgan fingerprint density at radius 2 is 1.63 bits per heavy atom. The van der Waals surface area contributed by atoms with Crippen molar-refractivity contribution in [3.63, 3.8) is 0 Å². The van der Waals surface area contributed by atoms with E-state index in [1.165, 1.54) is 4.90 Å². The molecule has 0 aliphatic carbocycles. The number of hydrogen-bond acceptors (Lipinski definition) is 4. The van der Waals surface area contributed by atoms with E-state index in [4.69, 9.17) is 7.85 Å². The summed E-state index contributed by atoms with van der Waals surface area (Å²) in [4.78, 5) is 37.5. The Hall–Kier alpha value is -0.775. The van der Waals surface area contributed by atoms with Crippen LogP contribution in [0.2, 0.25) is 0 Å². The lowest BCUT2D eigenvalue weighted by Crippen LogP contribution is -2.43. The van der Waals surface area contributed by atoms with Crippen molar-refractivity contribution in [2.24, 2.45) is 10.8 Å². The second-order valence-electron chi connectivity index (χ2n) is 5.79. The Morgan fingerprint density at radius 1 is 1.16 bits per heavy atom. The van der Waals surface area contributed by atoms with E-state index in [1.807, 2.05) is 0 Å². The molecular formula is C13H22BNO3S. The Labute approximate surface area is 121 Å². The molecule has 0 spiro atoms. The van der Waals surface area contributed by atoms with Crippen LogP contribution in [0.4, 0.5) is 0 Å². The van der Waals surface area contributed by atoms with Crippen LogP contribution in [0.3, 0.4) is 0 Å². The second kappa shape index (κ2) is 6.59. The molecule has 6 heteroatoms. The number of thioether (sulfide) groups is 1. The lowest BCUT2D eigenvalue weighted by atomic mass is 9.77. The zero-order valence-electron chi connectivity index (χ0n) is 12.6. The average molecular weight is 283 g/mol. The molecule has 0 rings (SSSR count). The van der Waals surface area contributed by atoms with Crippen LogP contribution in [-0.2, 0) is 14.4 Å². The number of hydrogen-bond donors (Lipinski definition) is 0. The van der Waals surface area contributed by atoms with E-state index in [1.54, 1.807) is 41.0 Å². The van der Waals surface area contributed by atoms with E-state index in [0.29, 0.717) is 0 Å². The Bertz CT molecular complexity index is 380. The molecule has 0 aliphatic heterocycles. The predicted octanol–water partition coefficient (Wildman–Crippen LogP) is 1.47. The molecule has 0 aromatic heterocycles. The SMILES string of the molecule is [B]CN(C)C(=O)C(C)(C)CC(=O)C(C)(C)C(=O)SC. The van der Waals surface area contributed by atoms with Crippen molar-refractivity contribution in [1.82, 2.24) is 4.90 Å². The van der Waals surface area contributed by atoms with Gasteiger partial charge in [-0.2, -0.15) is 0 Å². The molecule has 0 bridgehead atoms. The number of rotatable bonds is 6. The van der Waals surface area contributed by atoms with Gasteiger partial charge in [0.2, 0.25) is 11.0 Å². The zero-order chi connectivity index (χ0) is 15.4. The summed E-state index contributed by atoms with van der Waals surface area (Å²) in [5.74, 6) is -0.425. The summed E-state index contributed by atoms with van der Waals surface area (Å²) in [7, 11) is 7.01. The molecule has 0 fully saturated rings. The van der Waals surface area contributed by atoms with Gasteiger partial charge in [-0.15, -0.1) is 0 Å². The molecule has 0 N–H and O–H groups in total. The minimum Gasteiger partial charge on any atom is -0.354 e. The first-order chi connectivity index (χ1) is 8.50. The molecular weight excluding hydrogens is 261 g/mol. The lowest BCUT2D eigenvalue weighted by Gasteiger charge is -2.31. The van der Waals surface area contributed by atoms with Crippen molar-refractivity contribution in [2.75, 3.05) is 19.7 Å². The molecule has 0 aliphatic rings. The fourth-order valence-corrected chi connectivity index (χ4v) is 2.29. The van der Waals surface area contributed by atoms with Gasteiger partial charge in [0.05, 0.1) is 18.7 Å². The second-order valence-corrected chi connectivity index (χ2v) is 6.57. The van der Waals surface area contributed by atoms with Crippen molar-refractivity contribution in [2.45, 2.75) is 34.1 Å². The van der Waals surface area contributed by atoms with Crippen LogP contribution in [0, 0.1) is 10.8 Å². The Balaban J connectivity index is 4.99. The topological polar surface area (TPSA) is 54.5 Å². The van der Waals surface area contributed by atoms with Gasteiger partial charge in [0.25, 0.3) is 0 Å². The molecule has 0 unspecified atom stereocenters. The van der Waals surface area contributed by atoms with E-state index < -0.39 is 10.8 Å². The van der Waals surface area contributed by atoms with Gasteiger partial charge >= 0.3 is 0 Å². The third-order valence-electron chi connectivity index (χ3n) is 3.19. The van der Waals surface area contributed by atoms with Crippen LogP contribution < -0.4 is 0 Å². The summed E-state index contributed by atoms with van der Waals surface area (Å²) in [6.07, 6.45) is 1.77. The van der Waals surface area contributed by atoms with Gasteiger partial charge in [0.15, 0.2) is 0 Å². The van der Waals surface area contributed by atoms with Crippen molar-refractivity contribution >= 4 is 36.4 Å². The van der Waals surface area contributed by atoms with Crippen molar-refractivity contribution in [3.8, 4) is 0 Å². The van der Waals surface area contributed by atoms with Crippen LogP contribution in [0.15, 0.2) is 0 Å². The van der Waals surface area contributed by atoms with Crippen molar-refractivity contribution < 1.29 is 14.4 Å². The number of ketones is 1. The molecule has 0 atom stereocenters. The number of amides is 1. The largest absolute Gasteiger partial charge is 0.354 e. The van der Waals surface area contributed by atoms with Gasteiger partial charge in [-0.25, -0.2) is 0 Å². The molecule has 1 amide bonds. The third kappa shape index (κ3) is 4.37. The highest BCUT2D eigenvalue weighted by atomic mass is 32.2. The van der Waals surface area contributed by atoms with Gasteiger partial charge in [-0.05, 0) is 26.5 Å². The van der Waals surface area contributed by atoms with Gasteiger partial charge in [-0.3, -0.25) is 14.4 Å². The zero-order valence-corrected chi connectivity index (χ0v) is 13.4. The fourth-order valence-electron chi connectivity index (χ4n) is 1.67. The van der Waals surface area contributed by atoms with E-state index in [0.717, 1.165) is 11.8 Å². The monoisotopic (exact) mass is 283 g/mol. The standard InChI is InChI=1S/C13H22BNO3S/c1-12(2,10(17)15(5)8-14)7-9(16)13(3,4)11(18)19-6/h7-8H2,1-6H3. The number of carbonyl (C=O) groups is 3. The highest BCUT2D eigenvalue weighted by Gasteiger charge is 2.41. The summed E-state index contributed by atoms with van der Waals surface area (Å²) >= 11 is 1.03. The number of carbonyl (C=O) groups excluding carboxylic acids is 3. The minimum atomic E-state index is -1.07. The predicted molar refractivity (Wildman–Crippen MR) is 79.1 cm³/mol. The molecule has 0 saturated carbocycles. The lowest BCUT2D eigenvalue weighted by molar-refractivity contribution is -0.144.